The fourth-order valence-corrected chi connectivity index (χ4v) is 2.17. The molecule has 2 aromatic carbocycles. The van der Waals surface area contributed by atoms with Crippen molar-refractivity contribution < 1.29 is 27.4 Å². The maximum atomic E-state index is 12.1. The number of carbonyl (C=O) groups is 1. The van der Waals surface area contributed by atoms with Gasteiger partial charge in [-0.3, -0.25) is 4.79 Å². The molecule has 0 saturated carbocycles. The van der Waals surface area contributed by atoms with Crippen LogP contribution in [0.25, 0.3) is 10.9 Å². The summed E-state index contributed by atoms with van der Waals surface area (Å²) >= 11 is 0. The molecule has 26 heavy (non-hydrogen) atoms. The first-order valence-corrected chi connectivity index (χ1v) is 7.39. The third-order valence-corrected chi connectivity index (χ3v) is 3.22. The molecule has 0 aliphatic carbocycles. The van der Waals surface area contributed by atoms with E-state index in [0.29, 0.717) is 16.6 Å². The van der Waals surface area contributed by atoms with E-state index >= 15 is 0 Å². The van der Waals surface area contributed by atoms with E-state index in [0.717, 1.165) is 12.1 Å². The molecule has 1 N–H and O–H groups in total. The van der Waals surface area contributed by atoms with Crippen molar-refractivity contribution >= 4 is 22.5 Å². The Morgan fingerprint density at radius 1 is 1.04 bits per heavy atom. The van der Waals surface area contributed by atoms with Crippen molar-refractivity contribution in [2.45, 2.75) is 6.36 Å². The van der Waals surface area contributed by atoms with Gasteiger partial charge in [0, 0.05) is 5.69 Å². The summed E-state index contributed by atoms with van der Waals surface area (Å²) in [4.78, 5) is 20.0. The molecule has 0 bridgehead atoms. The fraction of sp³-hybridized carbons (Fsp3) is 0.118. The Morgan fingerprint density at radius 3 is 2.50 bits per heavy atom. The van der Waals surface area contributed by atoms with Gasteiger partial charge in [0.1, 0.15) is 12.1 Å². The van der Waals surface area contributed by atoms with Gasteiger partial charge < -0.3 is 14.8 Å². The number of rotatable bonds is 5. The predicted octanol–water partition coefficient (Wildman–Crippen LogP) is 3.55. The lowest BCUT2D eigenvalue weighted by Crippen LogP contribution is -2.20. The zero-order valence-electron chi connectivity index (χ0n) is 13.2. The van der Waals surface area contributed by atoms with Crippen LogP contribution in [0.3, 0.4) is 0 Å². The van der Waals surface area contributed by atoms with Gasteiger partial charge in [0.05, 0.1) is 10.9 Å². The van der Waals surface area contributed by atoms with E-state index in [9.17, 15) is 18.0 Å². The SMILES string of the molecule is O=C(COc1ncnc2ccccc12)Nc1ccc(OC(F)(F)F)cc1. The molecule has 0 spiro atoms. The summed E-state index contributed by atoms with van der Waals surface area (Å²) in [6, 6.07) is 11.9. The van der Waals surface area contributed by atoms with Crippen molar-refractivity contribution in [3.05, 3.63) is 54.9 Å². The number of fused-ring (bicyclic) bond motifs is 1. The maximum Gasteiger partial charge on any atom is 0.573 e. The number of alkyl halides is 3. The third kappa shape index (κ3) is 4.59. The minimum Gasteiger partial charge on any atom is -0.467 e. The van der Waals surface area contributed by atoms with E-state index in [1.54, 1.807) is 18.2 Å². The Hall–Kier alpha value is -3.36. The van der Waals surface area contributed by atoms with Crippen molar-refractivity contribution in [2.24, 2.45) is 0 Å². The van der Waals surface area contributed by atoms with Crippen molar-refractivity contribution in [3.63, 3.8) is 0 Å². The minimum atomic E-state index is -4.76. The summed E-state index contributed by atoms with van der Waals surface area (Å²) in [5.41, 5.74) is 0.985. The molecule has 0 aliphatic heterocycles. The summed E-state index contributed by atoms with van der Waals surface area (Å²) in [6.07, 6.45) is -3.44. The van der Waals surface area contributed by atoms with Crippen LogP contribution >= 0.6 is 0 Å². The Morgan fingerprint density at radius 2 is 1.77 bits per heavy atom. The number of aromatic nitrogens is 2. The van der Waals surface area contributed by atoms with Crippen LogP contribution in [0.4, 0.5) is 18.9 Å². The summed E-state index contributed by atoms with van der Waals surface area (Å²) in [7, 11) is 0. The first-order valence-electron chi connectivity index (χ1n) is 7.39. The van der Waals surface area contributed by atoms with Crippen molar-refractivity contribution in [1.82, 2.24) is 9.97 Å². The highest BCUT2D eigenvalue weighted by Crippen LogP contribution is 2.24. The molecule has 1 aromatic heterocycles. The van der Waals surface area contributed by atoms with Crippen molar-refractivity contribution in [1.29, 1.82) is 0 Å². The molecular weight excluding hydrogens is 351 g/mol. The van der Waals surface area contributed by atoms with Gasteiger partial charge in [-0.05, 0) is 36.4 Å². The maximum absolute atomic E-state index is 12.1. The number of carbonyl (C=O) groups excluding carboxylic acids is 1. The van der Waals surface area contributed by atoms with Crippen LogP contribution in [0.15, 0.2) is 54.9 Å². The quantitative estimate of drug-likeness (QED) is 0.751. The molecule has 9 heteroatoms. The second-order valence-electron chi connectivity index (χ2n) is 5.11. The van der Waals surface area contributed by atoms with Crippen LogP contribution in [0.2, 0.25) is 0 Å². The van der Waals surface area contributed by atoms with Crippen LogP contribution < -0.4 is 14.8 Å². The van der Waals surface area contributed by atoms with Gasteiger partial charge in [0.25, 0.3) is 5.91 Å². The standard InChI is InChI=1S/C17H12F3N3O3/c18-17(19,20)26-12-7-5-11(6-8-12)23-15(24)9-25-16-13-3-1-2-4-14(13)21-10-22-16/h1-8,10H,9H2,(H,23,24). The Kier molecular flexibility index (Phi) is 4.87. The molecular formula is C17H12F3N3O3. The average molecular weight is 363 g/mol. The smallest absolute Gasteiger partial charge is 0.467 e. The van der Waals surface area contributed by atoms with Crippen LogP contribution in [0.5, 0.6) is 11.6 Å². The predicted molar refractivity (Wildman–Crippen MR) is 86.8 cm³/mol. The summed E-state index contributed by atoms with van der Waals surface area (Å²) in [5, 5.41) is 3.17. The molecule has 1 heterocycles. The monoisotopic (exact) mass is 363 g/mol. The summed E-state index contributed by atoms with van der Waals surface area (Å²) in [5.74, 6) is -0.601. The van der Waals surface area contributed by atoms with Gasteiger partial charge in [-0.2, -0.15) is 0 Å². The topological polar surface area (TPSA) is 73.3 Å². The van der Waals surface area contributed by atoms with E-state index in [2.05, 4.69) is 20.0 Å². The van der Waals surface area contributed by atoms with E-state index in [4.69, 9.17) is 4.74 Å². The number of hydrogen-bond acceptors (Lipinski definition) is 5. The highest BCUT2D eigenvalue weighted by Gasteiger charge is 2.30. The molecule has 134 valence electrons. The number of nitrogens with zero attached hydrogens (tertiary/aromatic N) is 2. The molecule has 6 nitrogen and oxygen atoms in total. The van der Waals surface area contributed by atoms with Gasteiger partial charge >= 0.3 is 6.36 Å². The number of halogens is 3. The van der Waals surface area contributed by atoms with E-state index in [-0.39, 0.29) is 18.2 Å². The average Bonchev–Trinajstić information content (AvgIpc) is 2.60. The molecule has 0 atom stereocenters. The minimum absolute atomic E-state index is 0.264. The molecule has 0 saturated heterocycles. The summed E-state index contributed by atoms with van der Waals surface area (Å²) in [6.45, 7) is -0.318. The van der Waals surface area contributed by atoms with E-state index in [1.807, 2.05) is 6.07 Å². The van der Waals surface area contributed by atoms with Gasteiger partial charge in [-0.15, -0.1) is 13.2 Å². The molecule has 0 fully saturated rings. The van der Waals surface area contributed by atoms with Crippen molar-refractivity contribution in [2.75, 3.05) is 11.9 Å². The third-order valence-electron chi connectivity index (χ3n) is 3.22. The van der Waals surface area contributed by atoms with Gasteiger partial charge in [0.15, 0.2) is 6.61 Å². The lowest BCUT2D eigenvalue weighted by atomic mass is 10.2. The molecule has 0 radical (unpaired) electrons. The number of amides is 1. The Bertz CT molecular complexity index is 909. The van der Waals surface area contributed by atoms with Gasteiger partial charge in [0.2, 0.25) is 5.88 Å². The molecule has 0 unspecified atom stereocenters. The molecule has 1 amide bonds. The second kappa shape index (κ2) is 7.26. The van der Waals surface area contributed by atoms with Crippen LogP contribution in [0, 0.1) is 0 Å². The van der Waals surface area contributed by atoms with Crippen LogP contribution in [-0.2, 0) is 4.79 Å². The first kappa shape index (κ1) is 17.5. The number of anilines is 1. The van der Waals surface area contributed by atoms with Crippen LogP contribution in [0.1, 0.15) is 0 Å². The lowest BCUT2D eigenvalue weighted by molar-refractivity contribution is -0.274. The van der Waals surface area contributed by atoms with Gasteiger partial charge in [-0.25, -0.2) is 9.97 Å². The zero-order chi connectivity index (χ0) is 18.6. The highest BCUT2D eigenvalue weighted by atomic mass is 19.4. The van der Waals surface area contributed by atoms with Gasteiger partial charge in [-0.1, -0.05) is 12.1 Å². The summed E-state index contributed by atoms with van der Waals surface area (Å²) < 4.78 is 45.5. The number of nitrogens with one attached hydrogen (secondary N) is 1. The highest BCUT2D eigenvalue weighted by molar-refractivity contribution is 5.92. The van der Waals surface area contributed by atoms with E-state index in [1.165, 1.54) is 18.5 Å². The van der Waals surface area contributed by atoms with E-state index < -0.39 is 12.3 Å². The van der Waals surface area contributed by atoms with Crippen molar-refractivity contribution in [3.8, 4) is 11.6 Å². The normalized spacial score (nSPS) is 11.2. The first-order chi connectivity index (χ1) is 12.4. The molecule has 3 rings (SSSR count). The Balaban J connectivity index is 1.59. The molecule has 3 aromatic rings. The number of para-hydroxylation sites is 1. The fourth-order valence-electron chi connectivity index (χ4n) is 2.17. The Labute approximate surface area is 145 Å². The molecule has 0 aliphatic rings. The second-order valence-corrected chi connectivity index (χ2v) is 5.11. The number of benzene rings is 2. The number of ether oxygens (including phenoxy) is 2. The zero-order valence-corrected chi connectivity index (χ0v) is 13.2. The largest absolute Gasteiger partial charge is 0.573 e. The van der Waals surface area contributed by atoms with Crippen LogP contribution in [-0.4, -0.2) is 28.8 Å². The lowest BCUT2D eigenvalue weighted by Gasteiger charge is -2.10. The number of hydrogen-bond donors (Lipinski definition) is 1.